The van der Waals surface area contributed by atoms with Gasteiger partial charge >= 0.3 is 5.97 Å². The minimum absolute atomic E-state index is 0.0486. The van der Waals surface area contributed by atoms with Crippen LogP contribution in [-0.2, 0) is 24.3 Å². The van der Waals surface area contributed by atoms with E-state index in [1.807, 2.05) is 0 Å². The molecule has 0 N–H and O–H groups in total. The fourth-order valence-corrected chi connectivity index (χ4v) is 1.58. The predicted molar refractivity (Wildman–Crippen MR) is 70.9 cm³/mol. The number of rotatable bonds is 8. The normalized spacial score (nSPS) is 11.2. The molecule has 0 aliphatic heterocycles. The molecule has 8 heteroatoms. The van der Waals surface area contributed by atoms with Gasteiger partial charge in [0.1, 0.15) is 6.61 Å². The third kappa shape index (κ3) is 7.58. The van der Waals surface area contributed by atoms with Crippen molar-refractivity contribution in [2.45, 2.75) is 6.92 Å². The molecule has 0 bridgehead atoms. The van der Waals surface area contributed by atoms with E-state index in [2.05, 4.69) is 6.58 Å². The summed E-state index contributed by atoms with van der Waals surface area (Å²) in [6.45, 7) is 5.31. The highest BCUT2D eigenvalue weighted by atomic mass is 32.2. The number of esters is 1. The van der Waals surface area contributed by atoms with E-state index in [0.717, 1.165) is 16.6 Å². The average molecular weight is 292 g/mol. The van der Waals surface area contributed by atoms with E-state index in [1.165, 1.54) is 18.9 Å². The Morgan fingerprint density at radius 1 is 1.26 bits per heavy atom. The summed E-state index contributed by atoms with van der Waals surface area (Å²) in [7, 11) is -1.83. The second-order valence-corrected chi connectivity index (χ2v) is 6.05. The molecule has 0 rings (SSSR count). The first-order chi connectivity index (χ1) is 8.68. The van der Waals surface area contributed by atoms with Gasteiger partial charge in [0.05, 0.1) is 12.8 Å². The number of sulfonamides is 1. The smallest absolute Gasteiger partial charge is 0.330 e. The van der Waals surface area contributed by atoms with Crippen molar-refractivity contribution in [2.24, 2.45) is 0 Å². The maximum absolute atomic E-state index is 11.3. The third-order valence-corrected chi connectivity index (χ3v) is 3.78. The van der Waals surface area contributed by atoms with Crippen LogP contribution in [0.3, 0.4) is 0 Å². The van der Waals surface area contributed by atoms with E-state index in [9.17, 15) is 18.0 Å². The highest BCUT2D eigenvalue weighted by Gasteiger charge is 2.14. The molecule has 0 heterocycles. The highest BCUT2D eigenvalue weighted by Crippen LogP contribution is 1.96. The molecule has 0 saturated carbocycles. The van der Waals surface area contributed by atoms with Gasteiger partial charge in [-0.2, -0.15) is 0 Å². The molecule has 0 atom stereocenters. The number of nitrogens with zero attached hydrogens (tertiary/aromatic N) is 2. The van der Waals surface area contributed by atoms with Crippen LogP contribution in [0.2, 0.25) is 0 Å². The van der Waals surface area contributed by atoms with Crippen molar-refractivity contribution in [3.8, 4) is 0 Å². The van der Waals surface area contributed by atoms with Crippen LogP contribution in [0.4, 0.5) is 0 Å². The van der Waals surface area contributed by atoms with Crippen molar-refractivity contribution in [1.82, 2.24) is 9.21 Å². The number of carbonyl (C=O) groups excluding carboxylic acids is 2. The van der Waals surface area contributed by atoms with Crippen molar-refractivity contribution in [1.29, 1.82) is 0 Å². The van der Waals surface area contributed by atoms with Crippen molar-refractivity contribution in [3.05, 3.63) is 12.7 Å². The zero-order valence-electron chi connectivity index (χ0n) is 11.5. The number of amides is 1. The fraction of sp³-hybridized carbons (Fsp3) is 0.636. The molecule has 0 spiro atoms. The lowest BCUT2D eigenvalue weighted by Gasteiger charge is -2.23. The van der Waals surface area contributed by atoms with Crippen LogP contribution in [0.1, 0.15) is 6.92 Å². The second kappa shape index (κ2) is 7.90. The predicted octanol–water partition coefficient (Wildman–Crippen LogP) is -0.544. The highest BCUT2D eigenvalue weighted by molar-refractivity contribution is 7.88. The first kappa shape index (κ1) is 17.6. The lowest BCUT2D eigenvalue weighted by molar-refractivity contribution is -0.140. The van der Waals surface area contributed by atoms with Crippen molar-refractivity contribution in [3.63, 3.8) is 0 Å². The third-order valence-electron chi connectivity index (χ3n) is 2.47. The second-order valence-electron chi connectivity index (χ2n) is 3.96. The number of hydrogen-bond acceptors (Lipinski definition) is 5. The monoisotopic (exact) mass is 292 g/mol. The molecular weight excluding hydrogens is 272 g/mol. The van der Waals surface area contributed by atoms with E-state index >= 15 is 0 Å². The average Bonchev–Trinajstić information content (AvgIpc) is 2.30. The molecule has 0 aromatic carbocycles. The molecule has 110 valence electrons. The molecule has 1 amide bonds. The molecule has 0 unspecified atom stereocenters. The lowest BCUT2D eigenvalue weighted by atomic mass is 10.4. The van der Waals surface area contributed by atoms with Crippen molar-refractivity contribution >= 4 is 21.9 Å². The van der Waals surface area contributed by atoms with Crippen LogP contribution in [0, 0.1) is 0 Å². The van der Waals surface area contributed by atoms with Crippen LogP contribution in [0.15, 0.2) is 12.7 Å². The van der Waals surface area contributed by atoms with E-state index in [-0.39, 0.29) is 32.1 Å². The molecular formula is C11H20N2O5S. The molecule has 0 saturated heterocycles. The Bertz CT molecular complexity index is 432. The first-order valence-corrected chi connectivity index (χ1v) is 7.49. The van der Waals surface area contributed by atoms with Gasteiger partial charge in [-0.1, -0.05) is 6.58 Å². The Morgan fingerprint density at radius 3 is 2.26 bits per heavy atom. The lowest BCUT2D eigenvalue weighted by Crippen LogP contribution is -2.39. The molecule has 7 nitrogen and oxygen atoms in total. The maximum atomic E-state index is 11.3. The summed E-state index contributed by atoms with van der Waals surface area (Å²) in [4.78, 5) is 23.6. The van der Waals surface area contributed by atoms with E-state index in [4.69, 9.17) is 4.74 Å². The first-order valence-electron chi connectivity index (χ1n) is 5.64. The molecule has 0 aromatic heterocycles. The number of carbonyl (C=O) groups is 2. The molecule has 0 fully saturated rings. The van der Waals surface area contributed by atoms with E-state index < -0.39 is 16.0 Å². The zero-order valence-corrected chi connectivity index (χ0v) is 12.3. The number of ether oxygens (including phenoxy) is 1. The van der Waals surface area contributed by atoms with Crippen LogP contribution in [0.5, 0.6) is 0 Å². The van der Waals surface area contributed by atoms with E-state index in [1.54, 1.807) is 0 Å². The fourth-order valence-electron chi connectivity index (χ4n) is 1.17. The summed E-state index contributed by atoms with van der Waals surface area (Å²) >= 11 is 0. The SMILES string of the molecule is C=CC(=O)OCCN(CCN(C)S(C)(=O)=O)C(C)=O. The summed E-state index contributed by atoms with van der Waals surface area (Å²) in [5.74, 6) is -0.770. The topological polar surface area (TPSA) is 84.0 Å². The minimum atomic E-state index is -3.27. The molecule has 0 aliphatic carbocycles. The summed E-state index contributed by atoms with van der Waals surface area (Å²) in [6.07, 6.45) is 2.13. The van der Waals surface area contributed by atoms with Gasteiger partial charge < -0.3 is 9.64 Å². The van der Waals surface area contributed by atoms with Crippen molar-refractivity contribution in [2.75, 3.05) is 39.5 Å². The van der Waals surface area contributed by atoms with Gasteiger partial charge in [-0.15, -0.1) is 0 Å². The van der Waals surface area contributed by atoms with Gasteiger partial charge in [0, 0.05) is 33.1 Å². The Morgan fingerprint density at radius 2 is 1.84 bits per heavy atom. The van der Waals surface area contributed by atoms with Gasteiger partial charge in [0.15, 0.2) is 0 Å². The summed E-state index contributed by atoms with van der Waals surface area (Å²) in [5, 5.41) is 0. The van der Waals surface area contributed by atoms with Crippen molar-refractivity contribution < 1.29 is 22.7 Å². The van der Waals surface area contributed by atoms with Gasteiger partial charge in [-0.25, -0.2) is 17.5 Å². The molecule has 0 radical (unpaired) electrons. The largest absolute Gasteiger partial charge is 0.461 e. The Labute approximate surface area is 113 Å². The Balaban J connectivity index is 4.24. The standard InChI is InChI=1S/C11H20N2O5S/c1-5-11(15)18-9-8-13(10(2)14)7-6-12(3)19(4,16)17/h5H,1,6-9H2,2-4H3. The van der Waals surface area contributed by atoms with Crippen LogP contribution in [-0.4, -0.2) is 69.0 Å². The van der Waals surface area contributed by atoms with Crippen LogP contribution >= 0.6 is 0 Å². The van der Waals surface area contributed by atoms with Gasteiger partial charge in [-0.3, -0.25) is 4.79 Å². The molecule has 0 aromatic rings. The Hall–Kier alpha value is -1.41. The van der Waals surface area contributed by atoms with Gasteiger partial charge in [-0.05, 0) is 0 Å². The summed E-state index contributed by atoms with van der Waals surface area (Å²) < 4.78 is 28.3. The number of hydrogen-bond donors (Lipinski definition) is 0. The van der Waals surface area contributed by atoms with Gasteiger partial charge in [0.2, 0.25) is 15.9 Å². The summed E-state index contributed by atoms with van der Waals surface area (Å²) in [5.41, 5.74) is 0. The maximum Gasteiger partial charge on any atom is 0.330 e. The van der Waals surface area contributed by atoms with Crippen LogP contribution in [0.25, 0.3) is 0 Å². The van der Waals surface area contributed by atoms with Gasteiger partial charge in [0.25, 0.3) is 0 Å². The molecule has 19 heavy (non-hydrogen) atoms. The summed E-state index contributed by atoms with van der Waals surface area (Å²) in [6, 6.07) is 0. The quantitative estimate of drug-likeness (QED) is 0.443. The molecule has 0 aliphatic rings. The Kier molecular flexibility index (Phi) is 7.32. The zero-order chi connectivity index (χ0) is 15.1. The number of likely N-dealkylation sites (N-methyl/N-ethyl adjacent to an activating group) is 1. The van der Waals surface area contributed by atoms with Crippen LogP contribution < -0.4 is 0 Å². The minimum Gasteiger partial charge on any atom is -0.461 e. The van der Waals surface area contributed by atoms with E-state index in [0.29, 0.717) is 0 Å².